The molecule has 1 saturated carbocycles. The van der Waals surface area contributed by atoms with Crippen LogP contribution >= 0.6 is 0 Å². The van der Waals surface area contributed by atoms with Gasteiger partial charge in [-0.3, -0.25) is 4.98 Å². The number of ether oxygens (including phenoxy) is 1. The Morgan fingerprint density at radius 2 is 2.09 bits per heavy atom. The van der Waals surface area contributed by atoms with E-state index in [2.05, 4.69) is 10.3 Å². The van der Waals surface area contributed by atoms with Crippen LogP contribution in [0.5, 0.6) is 0 Å². The molecule has 1 aliphatic carbocycles. The van der Waals surface area contributed by atoms with Gasteiger partial charge in [-0.2, -0.15) is 0 Å². The average Bonchev–Trinajstić information content (AvgIpc) is 2.81. The van der Waals surface area contributed by atoms with Gasteiger partial charge in [0, 0.05) is 11.6 Å². The Hall–Kier alpha value is -2.17. The number of nitrogens with one attached hydrogen (secondary N) is 1. The summed E-state index contributed by atoms with van der Waals surface area (Å²) in [6.07, 6.45) is 4.99. The number of benzene rings is 1. The molecule has 1 aliphatic heterocycles. The topological polar surface area (TPSA) is 51.2 Å². The molecular formula is C18H19FN2O2. The number of hydrogen-bond donors (Lipinski definition) is 1. The van der Waals surface area contributed by atoms with Crippen molar-refractivity contribution in [1.82, 2.24) is 10.3 Å². The largest absolute Gasteiger partial charge is 0.441 e. The van der Waals surface area contributed by atoms with Gasteiger partial charge < -0.3 is 10.1 Å². The first kappa shape index (κ1) is 14.4. The van der Waals surface area contributed by atoms with E-state index in [1.54, 1.807) is 18.3 Å². The Morgan fingerprint density at radius 1 is 1.30 bits per heavy atom. The SMILES string of the molecule is CC1NC(=O)OC12CCC(c1ccnc3ccc(F)cc13)CC2. The van der Waals surface area contributed by atoms with Crippen molar-refractivity contribution in [3.63, 3.8) is 0 Å². The third-order valence-electron chi connectivity index (χ3n) is 5.43. The van der Waals surface area contributed by atoms with E-state index in [0.717, 1.165) is 42.1 Å². The fraction of sp³-hybridized carbons (Fsp3) is 0.444. The third kappa shape index (κ3) is 2.35. The van der Waals surface area contributed by atoms with E-state index in [9.17, 15) is 9.18 Å². The lowest BCUT2D eigenvalue weighted by Crippen LogP contribution is -2.44. The van der Waals surface area contributed by atoms with Crippen LogP contribution < -0.4 is 5.32 Å². The number of carbonyl (C=O) groups is 1. The normalized spacial score (nSPS) is 30.4. The van der Waals surface area contributed by atoms with E-state index in [0.29, 0.717) is 5.92 Å². The van der Waals surface area contributed by atoms with Crippen molar-refractivity contribution in [2.45, 2.75) is 50.2 Å². The van der Waals surface area contributed by atoms with Crippen LogP contribution in [0.15, 0.2) is 30.5 Å². The molecular weight excluding hydrogens is 295 g/mol. The molecule has 1 aromatic carbocycles. The van der Waals surface area contributed by atoms with E-state index in [1.165, 1.54) is 6.07 Å². The second kappa shape index (κ2) is 5.18. The highest BCUT2D eigenvalue weighted by molar-refractivity contribution is 5.82. The third-order valence-corrected chi connectivity index (χ3v) is 5.43. The molecule has 2 heterocycles. The first-order chi connectivity index (χ1) is 11.1. The number of carbonyl (C=O) groups excluding carboxylic acids is 1. The minimum absolute atomic E-state index is 0.0441. The Labute approximate surface area is 134 Å². The van der Waals surface area contributed by atoms with Crippen molar-refractivity contribution in [2.24, 2.45) is 0 Å². The molecule has 2 aromatic rings. The number of aromatic nitrogens is 1. The zero-order valence-corrected chi connectivity index (χ0v) is 13.0. The molecule has 4 rings (SSSR count). The summed E-state index contributed by atoms with van der Waals surface area (Å²) in [7, 11) is 0. The molecule has 1 N–H and O–H groups in total. The number of rotatable bonds is 1. The van der Waals surface area contributed by atoms with Crippen molar-refractivity contribution in [3.05, 3.63) is 41.8 Å². The standard InChI is InChI=1S/C18H19FN2O2/c1-11-18(23-17(22)21-11)7-4-12(5-8-18)14-6-9-20-16-3-2-13(19)10-15(14)16/h2-3,6,9-12H,4-5,7-8H2,1H3,(H,21,22). The van der Waals surface area contributed by atoms with Gasteiger partial charge in [0.15, 0.2) is 0 Å². The van der Waals surface area contributed by atoms with Crippen LogP contribution in [-0.4, -0.2) is 22.7 Å². The molecule has 1 aromatic heterocycles. The number of nitrogens with zero attached hydrogens (tertiary/aromatic N) is 1. The lowest BCUT2D eigenvalue weighted by molar-refractivity contribution is 0.00367. The summed E-state index contributed by atoms with van der Waals surface area (Å²) in [6.45, 7) is 2.00. The Bertz CT molecular complexity index is 769. The van der Waals surface area contributed by atoms with Crippen LogP contribution in [0.4, 0.5) is 9.18 Å². The molecule has 2 fully saturated rings. The van der Waals surface area contributed by atoms with E-state index in [-0.39, 0.29) is 23.6 Å². The van der Waals surface area contributed by atoms with Gasteiger partial charge in [-0.25, -0.2) is 9.18 Å². The summed E-state index contributed by atoms with van der Waals surface area (Å²) in [4.78, 5) is 15.8. The van der Waals surface area contributed by atoms with Gasteiger partial charge in [-0.05, 0) is 68.4 Å². The number of fused-ring (bicyclic) bond motifs is 1. The molecule has 1 atom stereocenters. The van der Waals surface area contributed by atoms with Crippen LogP contribution in [0, 0.1) is 5.82 Å². The highest BCUT2D eigenvalue weighted by Crippen LogP contribution is 2.44. The van der Waals surface area contributed by atoms with Crippen LogP contribution in [-0.2, 0) is 4.74 Å². The van der Waals surface area contributed by atoms with E-state index in [4.69, 9.17) is 4.74 Å². The number of pyridine rings is 1. The zero-order valence-electron chi connectivity index (χ0n) is 13.0. The zero-order chi connectivity index (χ0) is 16.0. The van der Waals surface area contributed by atoms with Gasteiger partial charge in [-0.1, -0.05) is 0 Å². The highest BCUT2D eigenvalue weighted by Gasteiger charge is 2.48. The Balaban J connectivity index is 1.62. The van der Waals surface area contributed by atoms with Crippen molar-refractivity contribution in [3.8, 4) is 0 Å². The van der Waals surface area contributed by atoms with Gasteiger partial charge in [0.25, 0.3) is 0 Å². The molecule has 0 radical (unpaired) electrons. The minimum atomic E-state index is -0.373. The fourth-order valence-corrected chi connectivity index (χ4v) is 4.06. The predicted molar refractivity (Wildman–Crippen MR) is 84.7 cm³/mol. The molecule has 0 bridgehead atoms. The minimum Gasteiger partial charge on any atom is -0.441 e. The van der Waals surface area contributed by atoms with E-state index >= 15 is 0 Å². The summed E-state index contributed by atoms with van der Waals surface area (Å²) >= 11 is 0. The predicted octanol–water partition coefficient (Wildman–Crippen LogP) is 3.90. The first-order valence-electron chi connectivity index (χ1n) is 8.11. The van der Waals surface area contributed by atoms with Gasteiger partial charge in [0.05, 0.1) is 11.6 Å². The maximum atomic E-state index is 13.6. The van der Waals surface area contributed by atoms with Crippen LogP contribution in [0.25, 0.3) is 10.9 Å². The molecule has 1 amide bonds. The Kier molecular flexibility index (Phi) is 3.25. The van der Waals surface area contributed by atoms with E-state index in [1.807, 2.05) is 13.0 Å². The van der Waals surface area contributed by atoms with E-state index < -0.39 is 0 Å². The molecule has 1 saturated heterocycles. The molecule has 23 heavy (non-hydrogen) atoms. The number of amides is 1. The summed E-state index contributed by atoms with van der Waals surface area (Å²) in [6, 6.07) is 6.78. The highest BCUT2D eigenvalue weighted by atomic mass is 19.1. The van der Waals surface area contributed by atoms with Crippen molar-refractivity contribution >= 4 is 17.0 Å². The number of alkyl carbamates (subject to hydrolysis) is 1. The van der Waals surface area contributed by atoms with Gasteiger partial charge in [0.1, 0.15) is 11.4 Å². The second-order valence-corrected chi connectivity index (χ2v) is 6.66. The van der Waals surface area contributed by atoms with Crippen molar-refractivity contribution in [1.29, 1.82) is 0 Å². The van der Waals surface area contributed by atoms with Crippen molar-refractivity contribution in [2.75, 3.05) is 0 Å². The van der Waals surface area contributed by atoms with Gasteiger partial charge in [0.2, 0.25) is 0 Å². The van der Waals surface area contributed by atoms with Crippen LogP contribution in [0.1, 0.15) is 44.1 Å². The molecule has 1 unspecified atom stereocenters. The number of halogens is 1. The quantitative estimate of drug-likeness (QED) is 0.868. The summed E-state index contributed by atoms with van der Waals surface area (Å²) in [5.74, 6) is 0.112. The average molecular weight is 314 g/mol. The Morgan fingerprint density at radius 3 is 2.78 bits per heavy atom. The van der Waals surface area contributed by atoms with Gasteiger partial charge in [-0.15, -0.1) is 0 Å². The number of hydrogen-bond acceptors (Lipinski definition) is 3. The van der Waals surface area contributed by atoms with Crippen LogP contribution in [0.2, 0.25) is 0 Å². The lowest BCUT2D eigenvalue weighted by Gasteiger charge is -2.38. The maximum absolute atomic E-state index is 13.6. The summed E-state index contributed by atoms with van der Waals surface area (Å²) < 4.78 is 19.2. The van der Waals surface area contributed by atoms with Gasteiger partial charge >= 0.3 is 6.09 Å². The summed E-state index contributed by atoms with van der Waals surface area (Å²) in [5, 5.41) is 3.74. The maximum Gasteiger partial charge on any atom is 0.408 e. The molecule has 2 aliphatic rings. The summed E-state index contributed by atoms with van der Waals surface area (Å²) in [5.41, 5.74) is 1.60. The first-order valence-corrected chi connectivity index (χ1v) is 8.11. The molecule has 120 valence electrons. The molecule has 5 heteroatoms. The lowest BCUT2D eigenvalue weighted by atomic mass is 9.73. The molecule has 4 nitrogen and oxygen atoms in total. The van der Waals surface area contributed by atoms with Crippen molar-refractivity contribution < 1.29 is 13.9 Å². The second-order valence-electron chi connectivity index (χ2n) is 6.66. The monoisotopic (exact) mass is 314 g/mol. The smallest absolute Gasteiger partial charge is 0.408 e. The van der Waals surface area contributed by atoms with Crippen LogP contribution in [0.3, 0.4) is 0 Å². The fourth-order valence-electron chi connectivity index (χ4n) is 4.06. The molecule has 1 spiro atoms.